The summed E-state index contributed by atoms with van der Waals surface area (Å²) in [4.78, 5) is 10.7. The summed E-state index contributed by atoms with van der Waals surface area (Å²) < 4.78 is 10.8. The van der Waals surface area contributed by atoms with Crippen molar-refractivity contribution in [2.75, 3.05) is 7.11 Å². The van der Waals surface area contributed by atoms with Gasteiger partial charge in [0.2, 0.25) is 5.89 Å². The number of nitrogens with two attached hydrogens (primary N) is 1. The lowest BCUT2D eigenvalue weighted by Gasteiger charge is -2.03. The summed E-state index contributed by atoms with van der Waals surface area (Å²) in [6, 6.07) is 11.2. The molecular formula is C17H17N3O3S. The molecule has 2 heterocycles. The monoisotopic (exact) mass is 343 g/mol. The predicted octanol–water partition coefficient (Wildman–Crippen LogP) is 3.56. The molecule has 0 unspecified atom stereocenters. The van der Waals surface area contributed by atoms with Gasteiger partial charge in [-0.1, -0.05) is 11.2 Å². The second-order valence-corrected chi connectivity index (χ2v) is 5.93. The third-order valence-electron chi connectivity index (χ3n) is 3.37. The Bertz CT molecular complexity index is 823. The van der Waals surface area contributed by atoms with Crippen LogP contribution in [0.5, 0.6) is 5.75 Å². The second kappa shape index (κ2) is 7.18. The Kier molecular flexibility index (Phi) is 4.81. The van der Waals surface area contributed by atoms with Crippen LogP contribution >= 0.6 is 11.3 Å². The molecule has 0 aliphatic rings. The molecule has 0 aliphatic heterocycles. The van der Waals surface area contributed by atoms with Crippen molar-refractivity contribution in [3.8, 4) is 16.5 Å². The quantitative estimate of drug-likeness (QED) is 0.420. The molecule has 0 bridgehead atoms. The molecule has 0 aliphatic carbocycles. The van der Waals surface area contributed by atoms with E-state index in [0.29, 0.717) is 17.3 Å². The fourth-order valence-electron chi connectivity index (χ4n) is 2.05. The number of aromatic nitrogens is 1. The van der Waals surface area contributed by atoms with Gasteiger partial charge in [-0.05, 0) is 42.6 Å². The van der Waals surface area contributed by atoms with Gasteiger partial charge >= 0.3 is 0 Å². The molecule has 24 heavy (non-hydrogen) atoms. The average Bonchev–Trinajstić information content (AvgIpc) is 3.25. The van der Waals surface area contributed by atoms with E-state index in [2.05, 4.69) is 10.1 Å². The molecule has 0 amide bonds. The Labute approximate surface area is 143 Å². The van der Waals surface area contributed by atoms with Gasteiger partial charge < -0.3 is 19.7 Å². The van der Waals surface area contributed by atoms with Crippen LogP contribution in [0.15, 0.2) is 51.4 Å². The smallest absolute Gasteiger partial charge is 0.236 e. The summed E-state index contributed by atoms with van der Waals surface area (Å²) in [5.74, 6) is 2.34. The summed E-state index contributed by atoms with van der Waals surface area (Å²) in [6.45, 7) is 2.04. The number of rotatable bonds is 6. The van der Waals surface area contributed by atoms with Gasteiger partial charge in [-0.3, -0.25) is 0 Å². The van der Waals surface area contributed by atoms with E-state index in [-0.39, 0.29) is 12.4 Å². The Morgan fingerprint density at radius 3 is 2.75 bits per heavy atom. The first-order valence-corrected chi connectivity index (χ1v) is 8.15. The van der Waals surface area contributed by atoms with Crippen LogP contribution < -0.4 is 10.5 Å². The van der Waals surface area contributed by atoms with Gasteiger partial charge in [-0.15, -0.1) is 11.3 Å². The van der Waals surface area contributed by atoms with Gasteiger partial charge in [0.25, 0.3) is 0 Å². The van der Waals surface area contributed by atoms with E-state index in [1.165, 1.54) is 0 Å². The largest absolute Gasteiger partial charge is 0.497 e. The Hall–Kier alpha value is -2.80. The molecule has 0 atom stereocenters. The van der Waals surface area contributed by atoms with Crippen molar-refractivity contribution in [3.05, 3.63) is 58.8 Å². The van der Waals surface area contributed by atoms with Crippen molar-refractivity contribution >= 4 is 17.2 Å². The van der Waals surface area contributed by atoms with Gasteiger partial charge in [0.15, 0.2) is 12.4 Å². The molecular weight excluding hydrogens is 326 g/mol. The van der Waals surface area contributed by atoms with Crippen molar-refractivity contribution in [1.82, 2.24) is 4.98 Å². The predicted molar refractivity (Wildman–Crippen MR) is 93.1 cm³/mol. The first-order chi connectivity index (χ1) is 11.7. The molecule has 0 saturated carbocycles. The van der Waals surface area contributed by atoms with Crippen LogP contribution in [0.4, 0.5) is 0 Å². The average molecular weight is 343 g/mol. The van der Waals surface area contributed by atoms with Crippen LogP contribution in [0.2, 0.25) is 0 Å². The van der Waals surface area contributed by atoms with Crippen LogP contribution in [0.1, 0.15) is 17.0 Å². The lowest BCUT2D eigenvalue weighted by atomic mass is 10.2. The summed E-state index contributed by atoms with van der Waals surface area (Å²) in [5.41, 5.74) is 7.37. The number of thiophene rings is 1. The Morgan fingerprint density at radius 2 is 2.08 bits per heavy atom. The van der Waals surface area contributed by atoms with Crippen LogP contribution in [-0.4, -0.2) is 17.9 Å². The van der Waals surface area contributed by atoms with Crippen molar-refractivity contribution in [1.29, 1.82) is 0 Å². The number of amidine groups is 1. The lowest BCUT2D eigenvalue weighted by molar-refractivity contribution is 0.127. The van der Waals surface area contributed by atoms with Crippen molar-refractivity contribution in [2.45, 2.75) is 13.5 Å². The number of oxime groups is 1. The minimum Gasteiger partial charge on any atom is -0.497 e. The molecule has 7 heteroatoms. The molecule has 0 fully saturated rings. The highest BCUT2D eigenvalue weighted by atomic mass is 32.1. The van der Waals surface area contributed by atoms with Crippen LogP contribution in [0.25, 0.3) is 10.8 Å². The number of hydrogen-bond donors (Lipinski definition) is 1. The normalized spacial score (nSPS) is 11.5. The van der Waals surface area contributed by atoms with E-state index in [9.17, 15) is 0 Å². The molecule has 124 valence electrons. The minimum absolute atomic E-state index is 0.192. The van der Waals surface area contributed by atoms with Gasteiger partial charge in [-0.25, -0.2) is 4.98 Å². The lowest BCUT2D eigenvalue weighted by Crippen LogP contribution is -2.13. The standard InChI is InChI=1S/C17H17N3O3S/c1-11-14(19-17(23-11)15-4-3-9-24-15)10-22-20-16(18)12-5-7-13(21-2)8-6-12/h3-9H,10H2,1-2H3,(H2,18,20). The molecule has 3 aromatic rings. The number of benzene rings is 1. The second-order valence-electron chi connectivity index (χ2n) is 4.98. The van der Waals surface area contributed by atoms with Gasteiger partial charge in [0, 0.05) is 5.56 Å². The number of ether oxygens (including phenoxy) is 1. The van der Waals surface area contributed by atoms with Crippen molar-refractivity contribution in [2.24, 2.45) is 10.9 Å². The third-order valence-corrected chi connectivity index (χ3v) is 4.23. The highest BCUT2D eigenvalue weighted by Crippen LogP contribution is 2.26. The van der Waals surface area contributed by atoms with Gasteiger partial charge in [0.05, 0.1) is 12.0 Å². The zero-order valence-electron chi connectivity index (χ0n) is 13.4. The Morgan fingerprint density at radius 1 is 1.29 bits per heavy atom. The van der Waals surface area contributed by atoms with Crippen molar-refractivity contribution < 1.29 is 14.0 Å². The molecule has 0 spiro atoms. The maximum atomic E-state index is 5.91. The fourth-order valence-corrected chi connectivity index (χ4v) is 2.69. The van der Waals surface area contributed by atoms with E-state index in [1.807, 2.05) is 48.7 Å². The summed E-state index contributed by atoms with van der Waals surface area (Å²) in [5, 5.41) is 5.91. The van der Waals surface area contributed by atoms with E-state index in [4.69, 9.17) is 19.7 Å². The number of hydrogen-bond acceptors (Lipinski definition) is 6. The van der Waals surface area contributed by atoms with E-state index >= 15 is 0 Å². The number of nitrogens with zero attached hydrogens (tertiary/aromatic N) is 2. The molecule has 6 nitrogen and oxygen atoms in total. The summed E-state index contributed by atoms with van der Waals surface area (Å²) in [7, 11) is 1.61. The van der Waals surface area contributed by atoms with Crippen LogP contribution in [-0.2, 0) is 11.4 Å². The van der Waals surface area contributed by atoms with Gasteiger partial charge in [-0.2, -0.15) is 0 Å². The van der Waals surface area contributed by atoms with Crippen LogP contribution in [0.3, 0.4) is 0 Å². The fraction of sp³-hybridized carbons (Fsp3) is 0.176. The summed E-state index contributed by atoms with van der Waals surface area (Å²) >= 11 is 1.57. The van der Waals surface area contributed by atoms with E-state index < -0.39 is 0 Å². The van der Waals surface area contributed by atoms with E-state index in [0.717, 1.165) is 16.2 Å². The van der Waals surface area contributed by atoms with Gasteiger partial charge in [0.1, 0.15) is 17.2 Å². The molecule has 3 rings (SSSR count). The zero-order chi connectivity index (χ0) is 16.9. The molecule has 0 radical (unpaired) electrons. The third kappa shape index (κ3) is 3.57. The SMILES string of the molecule is COc1ccc(/C(N)=N/OCc2nc(-c3cccs3)oc2C)cc1. The molecule has 2 aromatic heterocycles. The molecule has 2 N–H and O–H groups in total. The minimum atomic E-state index is 0.192. The highest BCUT2D eigenvalue weighted by molar-refractivity contribution is 7.13. The van der Waals surface area contributed by atoms with Crippen molar-refractivity contribution in [3.63, 3.8) is 0 Å². The number of aryl methyl sites for hydroxylation is 1. The maximum absolute atomic E-state index is 5.91. The summed E-state index contributed by atoms with van der Waals surface area (Å²) in [6.07, 6.45) is 0. The topological polar surface area (TPSA) is 82.9 Å². The maximum Gasteiger partial charge on any atom is 0.236 e. The first-order valence-electron chi connectivity index (χ1n) is 7.27. The first kappa shape index (κ1) is 16.1. The number of methoxy groups -OCH3 is 1. The molecule has 1 aromatic carbocycles. The zero-order valence-corrected chi connectivity index (χ0v) is 14.2. The van der Waals surface area contributed by atoms with E-state index in [1.54, 1.807) is 18.4 Å². The highest BCUT2D eigenvalue weighted by Gasteiger charge is 2.12. The Balaban J connectivity index is 1.65. The van der Waals surface area contributed by atoms with Crippen LogP contribution in [0, 0.1) is 6.92 Å². The number of oxazole rings is 1. The molecule has 0 saturated heterocycles.